The lowest BCUT2D eigenvalue weighted by molar-refractivity contribution is 0.282. The number of aliphatic hydroxyl groups excluding tert-OH is 1. The SMILES string of the molecule is CCC(C)(C)N(C)c1ccc(CO)cc1Cl. The molecule has 0 aromatic heterocycles. The molecule has 16 heavy (non-hydrogen) atoms. The van der Waals surface area contributed by atoms with Crippen LogP contribution in [0.3, 0.4) is 0 Å². The molecule has 0 saturated heterocycles. The number of benzene rings is 1. The second-order valence-corrected chi connectivity index (χ2v) is 5.08. The van der Waals surface area contributed by atoms with Crippen molar-refractivity contribution in [2.45, 2.75) is 39.3 Å². The van der Waals surface area contributed by atoms with Crippen molar-refractivity contribution in [3.8, 4) is 0 Å². The van der Waals surface area contributed by atoms with Crippen molar-refractivity contribution in [2.24, 2.45) is 0 Å². The number of rotatable bonds is 4. The Labute approximate surface area is 103 Å². The van der Waals surface area contributed by atoms with E-state index in [9.17, 15) is 0 Å². The lowest BCUT2D eigenvalue weighted by Crippen LogP contribution is -2.40. The van der Waals surface area contributed by atoms with Crippen LogP contribution in [0.1, 0.15) is 32.8 Å². The van der Waals surface area contributed by atoms with Gasteiger partial charge < -0.3 is 10.0 Å². The van der Waals surface area contributed by atoms with E-state index in [0.717, 1.165) is 17.7 Å². The molecule has 0 aliphatic rings. The van der Waals surface area contributed by atoms with E-state index in [-0.39, 0.29) is 12.1 Å². The molecular weight excluding hydrogens is 222 g/mol. The minimum Gasteiger partial charge on any atom is -0.392 e. The summed E-state index contributed by atoms with van der Waals surface area (Å²) in [6.45, 7) is 6.56. The van der Waals surface area contributed by atoms with E-state index in [2.05, 4.69) is 25.7 Å². The van der Waals surface area contributed by atoms with Gasteiger partial charge in [0, 0.05) is 12.6 Å². The summed E-state index contributed by atoms with van der Waals surface area (Å²) < 4.78 is 0. The summed E-state index contributed by atoms with van der Waals surface area (Å²) in [6, 6.07) is 5.69. The number of aliphatic hydroxyl groups is 1. The van der Waals surface area contributed by atoms with Gasteiger partial charge in [0.05, 0.1) is 17.3 Å². The molecule has 1 rings (SSSR count). The first kappa shape index (κ1) is 13.3. The van der Waals surface area contributed by atoms with Crippen LogP contribution in [0.25, 0.3) is 0 Å². The lowest BCUT2D eigenvalue weighted by Gasteiger charge is -2.37. The standard InChI is InChI=1S/C13H20ClNO/c1-5-13(2,3)15(4)12-7-6-10(9-16)8-11(12)14/h6-8,16H,5,9H2,1-4H3. The summed E-state index contributed by atoms with van der Waals surface area (Å²) in [7, 11) is 2.04. The maximum atomic E-state index is 9.03. The fourth-order valence-corrected chi connectivity index (χ4v) is 1.81. The molecule has 0 radical (unpaired) electrons. The Morgan fingerprint density at radius 3 is 2.44 bits per heavy atom. The van der Waals surface area contributed by atoms with E-state index < -0.39 is 0 Å². The van der Waals surface area contributed by atoms with Gasteiger partial charge in [0.25, 0.3) is 0 Å². The molecule has 0 aliphatic carbocycles. The molecule has 0 unspecified atom stereocenters. The molecule has 1 aromatic carbocycles. The van der Waals surface area contributed by atoms with Gasteiger partial charge in [0.2, 0.25) is 0 Å². The molecule has 0 amide bonds. The highest BCUT2D eigenvalue weighted by Crippen LogP contribution is 2.31. The van der Waals surface area contributed by atoms with Crippen LogP contribution < -0.4 is 4.90 Å². The van der Waals surface area contributed by atoms with Gasteiger partial charge in [0.15, 0.2) is 0 Å². The first-order valence-corrected chi connectivity index (χ1v) is 5.93. The smallest absolute Gasteiger partial charge is 0.0682 e. The molecule has 0 fully saturated rings. The van der Waals surface area contributed by atoms with Crippen LogP contribution in [-0.4, -0.2) is 17.7 Å². The Hall–Kier alpha value is -0.730. The van der Waals surface area contributed by atoms with E-state index in [1.807, 2.05) is 25.2 Å². The zero-order valence-electron chi connectivity index (χ0n) is 10.4. The third-order valence-corrected chi connectivity index (χ3v) is 3.63. The van der Waals surface area contributed by atoms with Crippen LogP contribution in [0.4, 0.5) is 5.69 Å². The van der Waals surface area contributed by atoms with E-state index >= 15 is 0 Å². The van der Waals surface area contributed by atoms with Crippen LogP contribution >= 0.6 is 11.6 Å². The highest BCUT2D eigenvalue weighted by atomic mass is 35.5. The fraction of sp³-hybridized carbons (Fsp3) is 0.538. The number of anilines is 1. The molecule has 1 N–H and O–H groups in total. The van der Waals surface area contributed by atoms with Crippen molar-refractivity contribution < 1.29 is 5.11 Å². The van der Waals surface area contributed by atoms with E-state index in [4.69, 9.17) is 16.7 Å². The first-order valence-electron chi connectivity index (χ1n) is 5.55. The monoisotopic (exact) mass is 241 g/mol. The average molecular weight is 242 g/mol. The normalized spacial score (nSPS) is 11.6. The molecule has 0 spiro atoms. The molecule has 2 nitrogen and oxygen atoms in total. The average Bonchev–Trinajstić information content (AvgIpc) is 2.28. The molecule has 1 aromatic rings. The number of halogens is 1. The summed E-state index contributed by atoms with van der Waals surface area (Å²) in [6.07, 6.45) is 1.04. The van der Waals surface area contributed by atoms with Crippen LogP contribution in [0.2, 0.25) is 5.02 Å². The third kappa shape index (κ3) is 2.69. The Kier molecular flexibility index (Phi) is 4.22. The molecule has 0 heterocycles. The molecule has 0 aliphatic heterocycles. The molecule has 0 atom stereocenters. The van der Waals surface area contributed by atoms with Crippen molar-refractivity contribution in [1.82, 2.24) is 0 Å². The number of hydrogen-bond acceptors (Lipinski definition) is 2. The quantitative estimate of drug-likeness (QED) is 0.873. The predicted octanol–water partition coefficient (Wildman–Crippen LogP) is 3.46. The number of hydrogen-bond donors (Lipinski definition) is 1. The Morgan fingerprint density at radius 1 is 1.38 bits per heavy atom. The maximum absolute atomic E-state index is 9.03. The number of nitrogens with zero attached hydrogens (tertiary/aromatic N) is 1. The zero-order valence-corrected chi connectivity index (χ0v) is 11.2. The predicted molar refractivity (Wildman–Crippen MR) is 70.1 cm³/mol. The van der Waals surface area contributed by atoms with Crippen LogP contribution in [0.5, 0.6) is 0 Å². The van der Waals surface area contributed by atoms with Crippen LogP contribution in [0, 0.1) is 0 Å². The molecular formula is C13H20ClNO. The minimum absolute atomic E-state index is 0.0287. The van der Waals surface area contributed by atoms with E-state index in [1.165, 1.54) is 0 Å². The van der Waals surface area contributed by atoms with Crippen LogP contribution in [0.15, 0.2) is 18.2 Å². The Balaban J connectivity index is 3.05. The van der Waals surface area contributed by atoms with E-state index in [1.54, 1.807) is 0 Å². The maximum Gasteiger partial charge on any atom is 0.0682 e. The van der Waals surface area contributed by atoms with E-state index in [0.29, 0.717) is 5.02 Å². The van der Waals surface area contributed by atoms with Gasteiger partial charge in [-0.1, -0.05) is 24.6 Å². The van der Waals surface area contributed by atoms with Gasteiger partial charge in [-0.05, 0) is 38.0 Å². The van der Waals surface area contributed by atoms with Crippen molar-refractivity contribution in [3.05, 3.63) is 28.8 Å². The molecule has 90 valence electrons. The zero-order chi connectivity index (χ0) is 12.3. The third-order valence-electron chi connectivity index (χ3n) is 3.33. The summed E-state index contributed by atoms with van der Waals surface area (Å²) >= 11 is 6.21. The lowest BCUT2D eigenvalue weighted by atomic mass is 9.99. The summed E-state index contributed by atoms with van der Waals surface area (Å²) in [5.41, 5.74) is 1.92. The Bertz CT molecular complexity index is 363. The van der Waals surface area contributed by atoms with Gasteiger partial charge in [-0.2, -0.15) is 0 Å². The largest absolute Gasteiger partial charge is 0.392 e. The summed E-state index contributed by atoms with van der Waals surface area (Å²) in [5.74, 6) is 0. The van der Waals surface area contributed by atoms with Gasteiger partial charge >= 0.3 is 0 Å². The second kappa shape index (κ2) is 5.07. The fourth-order valence-electron chi connectivity index (χ4n) is 1.48. The van der Waals surface area contributed by atoms with Crippen molar-refractivity contribution >= 4 is 17.3 Å². The topological polar surface area (TPSA) is 23.5 Å². The minimum atomic E-state index is 0.0287. The van der Waals surface area contributed by atoms with Gasteiger partial charge in [-0.15, -0.1) is 0 Å². The van der Waals surface area contributed by atoms with Gasteiger partial charge in [-0.3, -0.25) is 0 Å². The summed E-state index contributed by atoms with van der Waals surface area (Å²) in [5, 5.41) is 9.72. The molecule has 0 saturated carbocycles. The summed E-state index contributed by atoms with van der Waals surface area (Å²) in [4.78, 5) is 2.18. The van der Waals surface area contributed by atoms with Crippen LogP contribution in [-0.2, 0) is 6.61 Å². The highest BCUT2D eigenvalue weighted by Gasteiger charge is 2.22. The first-order chi connectivity index (χ1) is 7.42. The van der Waals surface area contributed by atoms with Crippen molar-refractivity contribution in [3.63, 3.8) is 0 Å². The highest BCUT2D eigenvalue weighted by molar-refractivity contribution is 6.33. The van der Waals surface area contributed by atoms with Crippen molar-refractivity contribution in [2.75, 3.05) is 11.9 Å². The molecule has 0 bridgehead atoms. The van der Waals surface area contributed by atoms with Gasteiger partial charge in [-0.25, -0.2) is 0 Å². The second-order valence-electron chi connectivity index (χ2n) is 4.67. The van der Waals surface area contributed by atoms with Gasteiger partial charge in [0.1, 0.15) is 0 Å². The molecule has 3 heteroatoms. The Morgan fingerprint density at radius 2 is 2.00 bits per heavy atom. The van der Waals surface area contributed by atoms with Crippen molar-refractivity contribution in [1.29, 1.82) is 0 Å².